The molecular formula is C30H23F8NO4S. The number of Topliss-reactive ketones (excluding diaryl/α,β-unsaturated/α-hetero) is 1. The minimum Gasteiger partial charge on any atom is -0.334 e. The molecule has 5 nitrogen and oxygen atoms in total. The molecule has 1 aliphatic heterocycles. The number of hydrogen-bond acceptors (Lipinski definition) is 4. The van der Waals surface area contributed by atoms with E-state index >= 15 is 0 Å². The molecule has 0 aromatic heterocycles. The number of carbonyl (C=O) groups is 2. The molecule has 1 heterocycles. The van der Waals surface area contributed by atoms with Crippen molar-refractivity contribution in [1.82, 2.24) is 4.90 Å². The Kier molecular flexibility index (Phi) is 7.46. The minimum atomic E-state index is -6.38. The lowest BCUT2D eigenvalue weighted by atomic mass is 9.76. The number of sulfone groups is 1. The molecule has 0 radical (unpaired) electrons. The summed E-state index contributed by atoms with van der Waals surface area (Å²) in [4.78, 5) is 26.0. The van der Waals surface area contributed by atoms with E-state index in [1.165, 1.54) is 36.1 Å². The van der Waals surface area contributed by atoms with Gasteiger partial charge in [-0.25, -0.2) is 17.2 Å². The van der Waals surface area contributed by atoms with Gasteiger partial charge in [-0.1, -0.05) is 36.4 Å². The van der Waals surface area contributed by atoms with Crippen LogP contribution in [-0.2, 0) is 26.7 Å². The van der Waals surface area contributed by atoms with E-state index in [0.29, 0.717) is 11.6 Å². The van der Waals surface area contributed by atoms with Crippen LogP contribution in [0.25, 0.3) is 0 Å². The number of amides is 1. The maximum atomic E-state index is 15.0. The van der Waals surface area contributed by atoms with Gasteiger partial charge in [-0.05, 0) is 67.6 Å². The number of halogens is 8. The molecule has 0 bridgehead atoms. The number of nitrogens with zero attached hydrogens (tertiary/aromatic N) is 1. The van der Waals surface area contributed by atoms with Gasteiger partial charge >= 0.3 is 18.0 Å². The number of carbonyl (C=O) groups excluding carboxylic acids is 2. The highest BCUT2D eigenvalue weighted by Crippen LogP contribution is 2.56. The van der Waals surface area contributed by atoms with Gasteiger partial charge in [0.1, 0.15) is 10.6 Å². The van der Waals surface area contributed by atoms with Crippen LogP contribution in [0.15, 0.2) is 71.6 Å². The topological polar surface area (TPSA) is 71.5 Å². The third-order valence-corrected chi connectivity index (χ3v) is 11.0. The maximum Gasteiger partial charge on any atom is 0.435 e. The predicted molar refractivity (Wildman–Crippen MR) is 141 cm³/mol. The first-order valence-corrected chi connectivity index (χ1v) is 14.7. The summed E-state index contributed by atoms with van der Waals surface area (Å²) in [7, 11) is -4.68. The van der Waals surface area contributed by atoms with Crippen LogP contribution in [-0.4, -0.2) is 49.9 Å². The second-order valence-electron chi connectivity index (χ2n) is 10.8. The average Bonchev–Trinajstić information content (AvgIpc) is 3.36. The lowest BCUT2D eigenvalue weighted by molar-refractivity contribution is -0.348. The Labute approximate surface area is 246 Å². The molecule has 234 valence electrons. The minimum absolute atomic E-state index is 0.104. The summed E-state index contributed by atoms with van der Waals surface area (Å²) in [6, 6.07) is 9.69. The largest absolute Gasteiger partial charge is 0.435 e. The Balaban J connectivity index is 1.69. The third kappa shape index (κ3) is 4.60. The van der Waals surface area contributed by atoms with Crippen molar-refractivity contribution >= 4 is 21.5 Å². The Hall–Kier alpha value is -3.81. The zero-order valence-corrected chi connectivity index (χ0v) is 23.6. The van der Waals surface area contributed by atoms with Crippen LogP contribution >= 0.6 is 0 Å². The first-order chi connectivity index (χ1) is 20.4. The fourth-order valence-corrected chi connectivity index (χ4v) is 8.73. The van der Waals surface area contributed by atoms with Gasteiger partial charge in [-0.15, -0.1) is 0 Å². The molecule has 44 heavy (non-hydrogen) atoms. The molecule has 1 saturated heterocycles. The van der Waals surface area contributed by atoms with Crippen molar-refractivity contribution in [2.75, 3.05) is 6.54 Å². The van der Waals surface area contributed by atoms with Gasteiger partial charge in [0.15, 0.2) is 15.6 Å². The van der Waals surface area contributed by atoms with Gasteiger partial charge in [0.25, 0.3) is 5.91 Å². The fraction of sp³-hybridized carbons (Fsp3) is 0.333. The molecule has 1 amide bonds. The van der Waals surface area contributed by atoms with E-state index in [1.807, 2.05) is 0 Å². The monoisotopic (exact) mass is 645 g/mol. The Morgan fingerprint density at radius 1 is 0.864 bits per heavy atom. The van der Waals surface area contributed by atoms with Gasteiger partial charge in [-0.2, -0.15) is 26.3 Å². The highest BCUT2D eigenvalue weighted by molar-refractivity contribution is 7.92. The Bertz CT molecular complexity index is 1740. The Morgan fingerprint density at radius 3 is 2.05 bits per heavy atom. The van der Waals surface area contributed by atoms with E-state index in [-0.39, 0.29) is 54.3 Å². The van der Waals surface area contributed by atoms with E-state index in [4.69, 9.17) is 0 Å². The summed E-state index contributed by atoms with van der Waals surface area (Å²) in [5, 5.41) is 0. The van der Waals surface area contributed by atoms with Crippen LogP contribution < -0.4 is 0 Å². The molecule has 0 N–H and O–H groups in total. The van der Waals surface area contributed by atoms with Crippen molar-refractivity contribution in [3.05, 3.63) is 100 Å². The standard InChI is InChI=1S/C30H23F8NO4S/c1-17(40)18-5-7-19(8-6-18)26(41)39-14-13-27(44(42,43)23-4-2-3-22(31)16-23)24-11-10-21(15-20(24)9-12-25(27)39)28(32,29(33,34)35)30(36,37)38/h2-8,10-11,15-16,25H,9,12-14H2,1H3. The summed E-state index contributed by atoms with van der Waals surface area (Å²) in [6.07, 6.45) is -13.6. The summed E-state index contributed by atoms with van der Waals surface area (Å²) in [6.45, 7) is 1.13. The van der Waals surface area contributed by atoms with E-state index in [2.05, 4.69) is 0 Å². The van der Waals surface area contributed by atoms with E-state index in [0.717, 1.165) is 30.3 Å². The van der Waals surface area contributed by atoms with Crippen LogP contribution in [0.2, 0.25) is 0 Å². The highest BCUT2D eigenvalue weighted by Gasteiger charge is 2.73. The highest BCUT2D eigenvalue weighted by atomic mass is 32.2. The summed E-state index contributed by atoms with van der Waals surface area (Å²) in [5.74, 6) is -1.81. The number of hydrogen-bond donors (Lipinski definition) is 0. The fourth-order valence-electron chi connectivity index (χ4n) is 6.33. The van der Waals surface area contributed by atoms with Gasteiger partial charge < -0.3 is 4.90 Å². The SMILES string of the molecule is CC(=O)c1ccc(C(=O)N2CCC3(S(=O)(=O)c4cccc(F)c4)c4ccc(C(F)(C(F)(F)F)C(F)(F)F)cc4CCC23)cc1. The van der Waals surface area contributed by atoms with Crippen molar-refractivity contribution in [3.8, 4) is 0 Å². The molecule has 2 atom stereocenters. The molecule has 14 heteroatoms. The summed E-state index contributed by atoms with van der Waals surface area (Å²) in [5.41, 5.74) is -7.54. The summed E-state index contributed by atoms with van der Waals surface area (Å²) < 4.78 is 137. The molecule has 1 fully saturated rings. The van der Waals surface area contributed by atoms with Crippen molar-refractivity contribution in [3.63, 3.8) is 0 Å². The zero-order valence-electron chi connectivity index (χ0n) is 22.8. The number of aryl methyl sites for hydroxylation is 1. The van der Waals surface area contributed by atoms with Crippen molar-refractivity contribution in [2.45, 2.75) is 59.9 Å². The second-order valence-corrected chi connectivity index (χ2v) is 13.0. The van der Waals surface area contributed by atoms with E-state index in [9.17, 15) is 53.1 Å². The van der Waals surface area contributed by atoms with Crippen LogP contribution in [0.1, 0.15) is 57.2 Å². The maximum absolute atomic E-state index is 15.0. The summed E-state index contributed by atoms with van der Waals surface area (Å²) >= 11 is 0. The average molecular weight is 646 g/mol. The molecule has 2 unspecified atom stereocenters. The zero-order chi connectivity index (χ0) is 32.5. The van der Waals surface area contributed by atoms with Crippen LogP contribution in [0.4, 0.5) is 35.1 Å². The number of fused-ring (bicyclic) bond motifs is 3. The van der Waals surface area contributed by atoms with Gasteiger partial charge in [0, 0.05) is 23.2 Å². The van der Waals surface area contributed by atoms with Gasteiger partial charge in [0.05, 0.1) is 10.9 Å². The van der Waals surface area contributed by atoms with Crippen molar-refractivity contribution in [1.29, 1.82) is 0 Å². The number of rotatable bonds is 5. The number of likely N-dealkylation sites (tertiary alicyclic amines) is 1. The molecule has 2 aliphatic rings. The lowest BCUT2D eigenvalue weighted by Crippen LogP contribution is -2.53. The first-order valence-electron chi connectivity index (χ1n) is 13.2. The molecule has 1 aliphatic carbocycles. The third-order valence-electron chi connectivity index (χ3n) is 8.45. The van der Waals surface area contributed by atoms with Gasteiger partial charge in [0.2, 0.25) is 0 Å². The molecule has 0 spiro atoms. The van der Waals surface area contributed by atoms with Crippen molar-refractivity contribution < 1.29 is 53.1 Å². The second kappa shape index (κ2) is 10.4. The molecule has 5 rings (SSSR count). The predicted octanol–water partition coefficient (Wildman–Crippen LogP) is 6.85. The number of ketones is 1. The smallest absolute Gasteiger partial charge is 0.334 e. The molecule has 3 aromatic carbocycles. The van der Waals surface area contributed by atoms with Crippen LogP contribution in [0.3, 0.4) is 0 Å². The van der Waals surface area contributed by atoms with Gasteiger partial charge in [-0.3, -0.25) is 9.59 Å². The van der Waals surface area contributed by atoms with E-state index in [1.54, 1.807) is 0 Å². The molecule has 0 saturated carbocycles. The molecule has 3 aromatic rings. The Morgan fingerprint density at radius 2 is 1.48 bits per heavy atom. The first kappa shape index (κ1) is 31.6. The molecular weight excluding hydrogens is 622 g/mol. The van der Waals surface area contributed by atoms with Crippen LogP contribution in [0.5, 0.6) is 0 Å². The van der Waals surface area contributed by atoms with Crippen LogP contribution in [0, 0.1) is 5.82 Å². The van der Waals surface area contributed by atoms with E-state index < -0.39 is 60.8 Å². The van der Waals surface area contributed by atoms with Crippen molar-refractivity contribution in [2.24, 2.45) is 0 Å². The lowest BCUT2D eigenvalue weighted by Gasteiger charge is -2.43. The number of benzene rings is 3. The quantitative estimate of drug-likeness (QED) is 0.225. The normalized spacial score (nSPS) is 20.7. The number of alkyl halides is 7.